The smallest absolute Gasteiger partial charge is 0.257 e. The van der Waals surface area contributed by atoms with Gasteiger partial charge in [0.2, 0.25) is 0 Å². The van der Waals surface area contributed by atoms with Gasteiger partial charge in [-0.25, -0.2) is 0 Å². The minimum atomic E-state index is -0.351. The first-order chi connectivity index (χ1) is 15.6. The van der Waals surface area contributed by atoms with Crippen molar-refractivity contribution in [2.24, 2.45) is 0 Å². The molecule has 0 atom stereocenters. The number of amides is 1. The molecule has 0 unspecified atom stereocenters. The Morgan fingerprint density at radius 2 is 1.78 bits per heavy atom. The summed E-state index contributed by atoms with van der Waals surface area (Å²) in [6.07, 6.45) is 3.41. The van der Waals surface area contributed by atoms with Gasteiger partial charge in [-0.05, 0) is 54.6 Å². The van der Waals surface area contributed by atoms with Crippen LogP contribution in [0.25, 0.3) is 28.3 Å². The Bertz CT molecular complexity index is 1450. The Hall–Kier alpha value is -3.81. The number of hydrogen-bond acceptors (Lipinski definition) is 5. The summed E-state index contributed by atoms with van der Waals surface area (Å²) in [6.45, 7) is 0. The van der Waals surface area contributed by atoms with Crippen LogP contribution in [-0.4, -0.2) is 30.7 Å². The Kier molecular flexibility index (Phi) is 5.26. The molecule has 7 nitrogen and oxygen atoms in total. The zero-order chi connectivity index (χ0) is 22.1. The van der Waals surface area contributed by atoms with Crippen molar-refractivity contribution in [2.75, 3.05) is 5.32 Å². The fraction of sp³-hybridized carbons (Fsp3) is 0. The molecule has 1 N–H and O–H groups in total. The number of nitrogens with zero attached hydrogens (tertiary/aromatic N) is 5. The molecular weight excluding hydrogens is 447 g/mol. The van der Waals surface area contributed by atoms with Gasteiger partial charge in [-0.15, -0.1) is 10.2 Å². The molecule has 0 saturated heterocycles. The van der Waals surface area contributed by atoms with Crippen molar-refractivity contribution in [3.05, 3.63) is 94.7 Å². The van der Waals surface area contributed by atoms with Crippen molar-refractivity contribution in [1.82, 2.24) is 24.8 Å². The second-order valence-electron chi connectivity index (χ2n) is 6.91. The van der Waals surface area contributed by atoms with Gasteiger partial charge < -0.3 is 5.32 Å². The molecule has 3 heterocycles. The Morgan fingerprint density at radius 1 is 0.906 bits per heavy atom. The SMILES string of the molecule is O=C(Nc1cccc(-c2ccc3nnc(-c4cccnc4)n3n2)c1)c1cc(Cl)ccc1Cl. The molecule has 0 radical (unpaired) electrons. The van der Waals surface area contributed by atoms with Crippen molar-refractivity contribution in [3.63, 3.8) is 0 Å². The van der Waals surface area contributed by atoms with E-state index < -0.39 is 0 Å². The number of benzene rings is 2. The summed E-state index contributed by atoms with van der Waals surface area (Å²) < 4.78 is 1.67. The lowest BCUT2D eigenvalue weighted by Crippen LogP contribution is -2.12. The van der Waals surface area contributed by atoms with Gasteiger partial charge >= 0.3 is 0 Å². The number of halogens is 2. The van der Waals surface area contributed by atoms with Crippen molar-refractivity contribution < 1.29 is 4.79 Å². The van der Waals surface area contributed by atoms with E-state index in [9.17, 15) is 4.79 Å². The predicted molar refractivity (Wildman–Crippen MR) is 124 cm³/mol. The number of pyridine rings is 1. The highest BCUT2D eigenvalue weighted by Crippen LogP contribution is 2.25. The third kappa shape index (κ3) is 3.91. The lowest BCUT2D eigenvalue weighted by molar-refractivity contribution is 0.102. The maximum absolute atomic E-state index is 12.7. The van der Waals surface area contributed by atoms with Gasteiger partial charge in [0, 0.05) is 34.2 Å². The average molecular weight is 461 g/mol. The molecule has 0 aliphatic rings. The standard InChI is InChI=1S/C23H14Cl2N6O/c24-16-6-7-19(25)18(12-16)23(32)27-17-5-1-3-14(11-17)20-8-9-21-28-29-22(31(21)30-20)15-4-2-10-26-13-15/h1-13H,(H,27,32). The van der Waals surface area contributed by atoms with Crippen LogP contribution in [0, 0.1) is 0 Å². The van der Waals surface area contributed by atoms with Crippen LogP contribution in [-0.2, 0) is 0 Å². The zero-order valence-corrected chi connectivity index (χ0v) is 17.9. The van der Waals surface area contributed by atoms with Crippen LogP contribution in [0.3, 0.4) is 0 Å². The number of nitrogens with one attached hydrogen (secondary N) is 1. The fourth-order valence-electron chi connectivity index (χ4n) is 3.24. The highest BCUT2D eigenvalue weighted by molar-refractivity contribution is 6.36. The number of carbonyl (C=O) groups excluding carboxylic acids is 1. The van der Waals surface area contributed by atoms with Gasteiger partial charge in [0.05, 0.1) is 16.3 Å². The maximum Gasteiger partial charge on any atom is 0.257 e. The molecule has 0 bridgehead atoms. The molecule has 0 fully saturated rings. The lowest BCUT2D eigenvalue weighted by atomic mass is 10.1. The summed E-state index contributed by atoms with van der Waals surface area (Å²) in [5.74, 6) is 0.241. The molecular formula is C23H14Cl2N6O. The molecule has 0 spiro atoms. The van der Waals surface area contributed by atoms with Gasteiger partial charge in [-0.2, -0.15) is 9.61 Å². The van der Waals surface area contributed by atoms with Crippen LogP contribution in [0.15, 0.2) is 79.1 Å². The highest BCUT2D eigenvalue weighted by atomic mass is 35.5. The van der Waals surface area contributed by atoms with E-state index in [0.29, 0.717) is 38.5 Å². The van der Waals surface area contributed by atoms with Crippen molar-refractivity contribution in [3.8, 4) is 22.6 Å². The quantitative estimate of drug-likeness (QED) is 0.387. The minimum absolute atomic E-state index is 0.301. The number of carbonyl (C=O) groups is 1. The molecule has 0 aliphatic carbocycles. The minimum Gasteiger partial charge on any atom is -0.322 e. The second kappa shape index (κ2) is 8.37. The topological polar surface area (TPSA) is 85.1 Å². The molecule has 0 aliphatic heterocycles. The summed E-state index contributed by atoms with van der Waals surface area (Å²) in [6, 6.07) is 19.5. The monoisotopic (exact) mass is 460 g/mol. The van der Waals surface area contributed by atoms with Crippen LogP contribution < -0.4 is 5.32 Å². The number of aromatic nitrogens is 5. The Labute approximate surface area is 192 Å². The van der Waals surface area contributed by atoms with Crippen molar-refractivity contribution in [2.45, 2.75) is 0 Å². The molecule has 1 amide bonds. The third-order valence-corrected chi connectivity index (χ3v) is 5.34. The fourth-order valence-corrected chi connectivity index (χ4v) is 3.62. The second-order valence-corrected chi connectivity index (χ2v) is 7.76. The van der Waals surface area contributed by atoms with Gasteiger partial charge in [0.25, 0.3) is 5.91 Å². The van der Waals surface area contributed by atoms with Gasteiger partial charge in [-0.3, -0.25) is 9.78 Å². The Morgan fingerprint density at radius 3 is 2.62 bits per heavy atom. The zero-order valence-electron chi connectivity index (χ0n) is 16.4. The number of hydrogen-bond donors (Lipinski definition) is 1. The lowest BCUT2D eigenvalue weighted by Gasteiger charge is -2.09. The Balaban J connectivity index is 1.48. The van der Waals surface area contributed by atoms with Crippen LogP contribution >= 0.6 is 23.2 Å². The summed E-state index contributed by atoms with van der Waals surface area (Å²) in [7, 11) is 0. The van der Waals surface area contributed by atoms with E-state index in [0.717, 1.165) is 11.1 Å². The summed E-state index contributed by atoms with van der Waals surface area (Å²) in [4.78, 5) is 16.8. The van der Waals surface area contributed by atoms with Gasteiger partial charge in [0.15, 0.2) is 11.5 Å². The van der Waals surface area contributed by atoms with Crippen LogP contribution in [0.5, 0.6) is 0 Å². The highest BCUT2D eigenvalue weighted by Gasteiger charge is 2.13. The molecule has 3 aromatic heterocycles. The van der Waals surface area contributed by atoms with Crippen molar-refractivity contribution >= 4 is 40.4 Å². The average Bonchev–Trinajstić information content (AvgIpc) is 3.24. The van der Waals surface area contributed by atoms with E-state index in [1.807, 2.05) is 42.5 Å². The van der Waals surface area contributed by atoms with Gasteiger partial charge in [0.1, 0.15) is 0 Å². The van der Waals surface area contributed by atoms with Gasteiger partial charge in [-0.1, -0.05) is 35.3 Å². The van der Waals surface area contributed by atoms with Crippen LogP contribution in [0.4, 0.5) is 5.69 Å². The molecule has 156 valence electrons. The van der Waals surface area contributed by atoms with E-state index in [-0.39, 0.29) is 5.91 Å². The summed E-state index contributed by atoms with van der Waals surface area (Å²) in [5.41, 5.74) is 3.83. The predicted octanol–water partition coefficient (Wildman–Crippen LogP) is 5.41. The summed E-state index contributed by atoms with van der Waals surface area (Å²) >= 11 is 12.1. The third-order valence-electron chi connectivity index (χ3n) is 4.77. The van der Waals surface area contributed by atoms with E-state index >= 15 is 0 Å². The molecule has 32 heavy (non-hydrogen) atoms. The van der Waals surface area contributed by atoms with E-state index in [1.54, 1.807) is 35.1 Å². The van der Waals surface area contributed by atoms with E-state index in [2.05, 4.69) is 20.5 Å². The number of anilines is 1. The summed E-state index contributed by atoms with van der Waals surface area (Å²) in [5, 5.41) is 16.7. The largest absolute Gasteiger partial charge is 0.322 e. The van der Waals surface area contributed by atoms with E-state index in [1.165, 1.54) is 6.07 Å². The first-order valence-corrected chi connectivity index (χ1v) is 10.3. The van der Waals surface area contributed by atoms with E-state index in [4.69, 9.17) is 28.3 Å². The normalized spacial score (nSPS) is 10.9. The molecule has 2 aromatic carbocycles. The first kappa shape index (κ1) is 20.1. The molecule has 0 saturated carbocycles. The first-order valence-electron chi connectivity index (χ1n) is 9.58. The van der Waals surface area contributed by atoms with Crippen molar-refractivity contribution in [1.29, 1.82) is 0 Å². The maximum atomic E-state index is 12.7. The molecule has 5 aromatic rings. The van der Waals surface area contributed by atoms with Crippen LogP contribution in [0.1, 0.15) is 10.4 Å². The number of rotatable bonds is 4. The number of fused-ring (bicyclic) bond motifs is 1. The molecule has 5 rings (SSSR count). The molecule has 9 heteroatoms. The van der Waals surface area contributed by atoms with Crippen LogP contribution in [0.2, 0.25) is 10.0 Å².